The zero-order valence-electron chi connectivity index (χ0n) is 10.5. The van der Waals surface area contributed by atoms with Gasteiger partial charge >= 0.3 is 0 Å². The summed E-state index contributed by atoms with van der Waals surface area (Å²) in [4.78, 5) is 4.73. The van der Waals surface area contributed by atoms with Crippen molar-refractivity contribution in [3.63, 3.8) is 0 Å². The molecule has 1 N–H and O–H groups in total. The van der Waals surface area contributed by atoms with Gasteiger partial charge < -0.3 is 5.32 Å². The van der Waals surface area contributed by atoms with Gasteiger partial charge in [-0.05, 0) is 69.3 Å². The van der Waals surface area contributed by atoms with Crippen LogP contribution in [0.3, 0.4) is 0 Å². The second-order valence-electron chi connectivity index (χ2n) is 4.36. The number of thioether (sulfide) groups is 1. The molecule has 0 spiro atoms. The summed E-state index contributed by atoms with van der Waals surface area (Å²) in [7, 11) is 0. The van der Waals surface area contributed by atoms with Crippen LogP contribution in [0.5, 0.6) is 0 Å². The Labute approximate surface area is 129 Å². The van der Waals surface area contributed by atoms with E-state index in [9.17, 15) is 0 Å². The van der Waals surface area contributed by atoms with Gasteiger partial charge in [0, 0.05) is 14.7 Å². The summed E-state index contributed by atoms with van der Waals surface area (Å²) in [5.41, 5.74) is 2.28. The number of hydrogen-bond donors (Lipinski definition) is 1. The first-order valence-corrected chi connectivity index (χ1v) is 8.60. The van der Waals surface area contributed by atoms with E-state index < -0.39 is 0 Å². The van der Waals surface area contributed by atoms with Gasteiger partial charge in [-0.2, -0.15) is 0 Å². The number of benzene rings is 1. The zero-order chi connectivity index (χ0) is 13.1. The maximum absolute atomic E-state index is 4.73. The molecule has 0 aliphatic carbocycles. The zero-order valence-corrected chi connectivity index (χ0v) is 14.5. The second-order valence-corrected chi connectivity index (χ2v) is 7.15. The molecule has 1 aromatic rings. The Hall–Kier alpha value is -0.000000000000000111. The second kappa shape index (κ2) is 6.44. The van der Waals surface area contributed by atoms with Crippen LogP contribution in [0, 0.1) is 6.92 Å². The quantitative estimate of drug-likeness (QED) is 0.748. The largest absolute Gasteiger partial charge is 0.333 e. The molecule has 1 heterocycles. The number of aliphatic imine (C=N–C) groups is 1. The summed E-state index contributed by atoms with van der Waals surface area (Å²) >= 11 is 9.00. The minimum Gasteiger partial charge on any atom is -0.333 e. The number of halogens is 2. The lowest BCUT2D eigenvalue weighted by Crippen LogP contribution is -2.20. The molecule has 0 saturated heterocycles. The van der Waals surface area contributed by atoms with Gasteiger partial charge in [-0.3, -0.25) is 4.99 Å². The van der Waals surface area contributed by atoms with Crippen LogP contribution in [-0.4, -0.2) is 17.0 Å². The molecule has 1 unspecified atom stereocenters. The molecule has 0 aromatic heterocycles. The van der Waals surface area contributed by atoms with E-state index in [1.165, 1.54) is 12.0 Å². The van der Waals surface area contributed by atoms with E-state index in [4.69, 9.17) is 4.99 Å². The fourth-order valence-electron chi connectivity index (χ4n) is 1.85. The van der Waals surface area contributed by atoms with Crippen molar-refractivity contribution < 1.29 is 0 Å². The Balaban J connectivity index is 2.21. The molecule has 1 aromatic carbocycles. The molecule has 0 amide bonds. The van der Waals surface area contributed by atoms with Crippen molar-refractivity contribution >= 4 is 54.5 Å². The van der Waals surface area contributed by atoms with Crippen LogP contribution < -0.4 is 5.32 Å². The summed E-state index contributed by atoms with van der Waals surface area (Å²) in [6.45, 7) is 4.28. The van der Waals surface area contributed by atoms with Crippen LogP contribution in [0.2, 0.25) is 0 Å². The predicted octanol–water partition coefficient (Wildman–Crippen LogP) is 5.20. The highest BCUT2D eigenvalue weighted by molar-refractivity contribution is 9.11. The average molecular weight is 392 g/mol. The minimum absolute atomic E-state index is 0.469. The summed E-state index contributed by atoms with van der Waals surface area (Å²) < 4.78 is 2.13. The smallest absolute Gasteiger partial charge is 0.161 e. The number of anilines is 1. The van der Waals surface area contributed by atoms with Gasteiger partial charge in [-0.1, -0.05) is 18.7 Å². The molecule has 5 heteroatoms. The summed E-state index contributed by atoms with van der Waals surface area (Å²) in [5, 5.41) is 4.45. The standard InChI is InChI=1S/C13H16Br2N2S/c1-3-9-4-5-18-13(16-9)17-12-10(14)6-8(2)7-11(12)15/h6-7,9H,3-5H2,1-2H3,(H,16,17). The first-order valence-electron chi connectivity index (χ1n) is 6.03. The molecule has 0 radical (unpaired) electrons. The monoisotopic (exact) mass is 390 g/mol. The number of aryl methyl sites for hydroxylation is 1. The van der Waals surface area contributed by atoms with Crippen LogP contribution in [0.15, 0.2) is 26.1 Å². The number of hydrogen-bond acceptors (Lipinski definition) is 3. The lowest BCUT2D eigenvalue weighted by molar-refractivity contribution is 0.634. The first kappa shape index (κ1) is 14.4. The highest BCUT2D eigenvalue weighted by Crippen LogP contribution is 2.33. The molecule has 0 bridgehead atoms. The van der Waals surface area contributed by atoms with Crippen molar-refractivity contribution in [2.45, 2.75) is 32.7 Å². The third kappa shape index (κ3) is 3.52. The van der Waals surface area contributed by atoms with E-state index >= 15 is 0 Å². The van der Waals surface area contributed by atoms with Gasteiger partial charge in [0.15, 0.2) is 5.17 Å². The van der Waals surface area contributed by atoms with Crippen molar-refractivity contribution in [1.29, 1.82) is 0 Å². The van der Waals surface area contributed by atoms with Crippen LogP contribution >= 0.6 is 43.6 Å². The van der Waals surface area contributed by atoms with Crippen LogP contribution in [0.1, 0.15) is 25.3 Å². The van der Waals surface area contributed by atoms with E-state index in [1.807, 2.05) is 0 Å². The van der Waals surface area contributed by atoms with E-state index in [0.29, 0.717) is 6.04 Å². The Morgan fingerprint density at radius 2 is 2.06 bits per heavy atom. The fourth-order valence-corrected chi connectivity index (χ4v) is 4.44. The third-order valence-corrected chi connectivity index (χ3v) is 5.05. The highest BCUT2D eigenvalue weighted by Gasteiger charge is 2.16. The Bertz CT molecular complexity index is 451. The van der Waals surface area contributed by atoms with Crippen molar-refractivity contribution in [2.24, 2.45) is 4.99 Å². The molecule has 1 aliphatic rings. The molecule has 1 aliphatic heterocycles. The molecule has 1 atom stereocenters. The molecule has 0 saturated carbocycles. The van der Waals surface area contributed by atoms with Crippen molar-refractivity contribution in [1.82, 2.24) is 0 Å². The van der Waals surface area contributed by atoms with Crippen molar-refractivity contribution in [3.8, 4) is 0 Å². The van der Waals surface area contributed by atoms with Crippen LogP contribution in [-0.2, 0) is 0 Å². The average Bonchev–Trinajstić information content (AvgIpc) is 2.34. The van der Waals surface area contributed by atoms with Gasteiger partial charge in [0.25, 0.3) is 0 Å². The van der Waals surface area contributed by atoms with E-state index in [1.54, 1.807) is 11.8 Å². The lowest BCUT2D eigenvalue weighted by Gasteiger charge is -2.20. The van der Waals surface area contributed by atoms with Crippen molar-refractivity contribution in [3.05, 3.63) is 26.6 Å². The summed E-state index contributed by atoms with van der Waals surface area (Å²) in [6, 6.07) is 4.69. The van der Waals surface area contributed by atoms with Crippen LogP contribution in [0.25, 0.3) is 0 Å². The number of nitrogens with zero attached hydrogens (tertiary/aromatic N) is 1. The third-order valence-electron chi connectivity index (χ3n) is 2.88. The topological polar surface area (TPSA) is 24.4 Å². The highest BCUT2D eigenvalue weighted by atomic mass is 79.9. The Morgan fingerprint density at radius 1 is 1.39 bits per heavy atom. The van der Waals surface area contributed by atoms with Gasteiger partial charge in [0.2, 0.25) is 0 Å². The minimum atomic E-state index is 0.469. The maximum Gasteiger partial charge on any atom is 0.161 e. The van der Waals surface area contributed by atoms with E-state index in [2.05, 4.69) is 63.2 Å². The molecular formula is C13H16Br2N2S. The Kier molecular flexibility index (Phi) is 5.15. The maximum atomic E-state index is 4.73. The molecule has 2 rings (SSSR count). The molecule has 98 valence electrons. The molecular weight excluding hydrogens is 376 g/mol. The van der Waals surface area contributed by atoms with Crippen LogP contribution in [0.4, 0.5) is 5.69 Å². The first-order chi connectivity index (χ1) is 8.60. The summed E-state index contributed by atoms with van der Waals surface area (Å²) in [5.74, 6) is 1.14. The normalized spacial score (nSPS) is 19.6. The lowest BCUT2D eigenvalue weighted by atomic mass is 10.2. The number of nitrogens with one attached hydrogen (secondary N) is 1. The molecule has 18 heavy (non-hydrogen) atoms. The Morgan fingerprint density at radius 3 is 2.67 bits per heavy atom. The van der Waals surface area contributed by atoms with Gasteiger partial charge in [0.05, 0.1) is 11.7 Å². The van der Waals surface area contributed by atoms with E-state index in [-0.39, 0.29) is 0 Å². The van der Waals surface area contributed by atoms with Gasteiger partial charge in [0.1, 0.15) is 0 Å². The SMILES string of the molecule is CCC1CCSC(Nc2c(Br)cc(C)cc2Br)=N1. The molecule has 2 nitrogen and oxygen atoms in total. The molecule has 0 fully saturated rings. The number of rotatable bonds is 2. The summed E-state index contributed by atoms with van der Waals surface area (Å²) in [6.07, 6.45) is 2.30. The predicted molar refractivity (Wildman–Crippen MR) is 88.8 cm³/mol. The van der Waals surface area contributed by atoms with E-state index in [0.717, 1.165) is 32.0 Å². The fraction of sp³-hybridized carbons (Fsp3) is 0.462. The van der Waals surface area contributed by atoms with Gasteiger partial charge in [-0.25, -0.2) is 0 Å². The van der Waals surface area contributed by atoms with Gasteiger partial charge in [-0.15, -0.1) is 0 Å². The number of amidine groups is 1. The van der Waals surface area contributed by atoms with Crippen molar-refractivity contribution in [2.75, 3.05) is 11.1 Å².